The van der Waals surface area contributed by atoms with Crippen molar-refractivity contribution in [3.8, 4) is 0 Å². The van der Waals surface area contributed by atoms with Crippen LogP contribution in [0.15, 0.2) is 23.0 Å². The highest BCUT2D eigenvalue weighted by atomic mass is 19.3. The maximum absolute atomic E-state index is 14.5. The first-order valence-corrected chi connectivity index (χ1v) is 8.98. The highest BCUT2D eigenvalue weighted by Crippen LogP contribution is 2.40. The predicted molar refractivity (Wildman–Crippen MR) is 94.4 cm³/mol. The molecule has 2 fully saturated rings. The lowest BCUT2D eigenvalue weighted by atomic mass is 9.86. The summed E-state index contributed by atoms with van der Waals surface area (Å²) in [6.07, 6.45) is 1.01. The van der Waals surface area contributed by atoms with Crippen molar-refractivity contribution in [2.75, 3.05) is 18.1 Å². The summed E-state index contributed by atoms with van der Waals surface area (Å²) in [5.41, 5.74) is 0.380. The van der Waals surface area contributed by atoms with Crippen molar-refractivity contribution in [2.45, 2.75) is 37.5 Å². The zero-order chi connectivity index (χ0) is 19.3. The molecule has 1 atom stereocenters. The molecule has 0 aliphatic carbocycles. The molecule has 0 bridgehead atoms. The predicted octanol–water partition coefficient (Wildman–Crippen LogP) is 1.23. The fraction of sp³-hybridized carbons (Fsp3) is 0.500. The van der Waals surface area contributed by atoms with Crippen molar-refractivity contribution in [1.29, 1.82) is 0 Å². The van der Waals surface area contributed by atoms with E-state index in [4.69, 9.17) is 0 Å². The molecule has 1 aromatic heterocycles. The van der Waals surface area contributed by atoms with Crippen LogP contribution in [0.3, 0.4) is 0 Å². The molecule has 9 heteroatoms. The van der Waals surface area contributed by atoms with Crippen molar-refractivity contribution >= 4 is 22.8 Å². The molecule has 1 unspecified atom stereocenters. The standard InChI is InChI=1S/C18H20F2N4O3/c1-22-16-11(12-8-9-21-10-18(12,19)20)4-2-5-13(16)23(17(22)27)24-14(25)6-3-7-15(24)26/h2,4-5,12,21H,3,6-10H2,1H3. The van der Waals surface area contributed by atoms with Gasteiger partial charge in [0.1, 0.15) is 0 Å². The number of hydrogen-bond donors (Lipinski definition) is 1. The topological polar surface area (TPSA) is 76.3 Å². The Bertz CT molecular complexity index is 978. The summed E-state index contributed by atoms with van der Waals surface area (Å²) < 4.78 is 31.3. The monoisotopic (exact) mass is 378 g/mol. The third kappa shape index (κ3) is 2.68. The molecule has 2 aliphatic heterocycles. The number of rotatable bonds is 2. The van der Waals surface area contributed by atoms with Gasteiger partial charge in [0, 0.05) is 19.9 Å². The Labute approximate surface area is 153 Å². The Morgan fingerprint density at radius 3 is 2.52 bits per heavy atom. The Morgan fingerprint density at radius 2 is 1.85 bits per heavy atom. The van der Waals surface area contributed by atoms with Gasteiger partial charge in [-0.05, 0) is 31.0 Å². The molecular formula is C18H20F2N4O3. The number of piperidine rings is 2. The zero-order valence-corrected chi connectivity index (χ0v) is 14.9. The number of fused-ring (bicyclic) bond motifs is 1. The first kappa shape index (κ1) is 17.8. The number of aryl methyl sites for hydroxylation is 1. The fourth-order valence-corrected chi connectivity index (χ4v) is 4.08. The van der Waals surface area contributed by atoms with E-state index in [2.05, 4.69) is 5.32 Å². The van der Waals surface area contributed by atoms with Crippen molar-refractivity contribution in [1.82, 2.24) is 14.6 Å². The van der Waals surface area contributed by atoms with E-state index in [-0.39, 0.29) is 24.8 Å². The highest BCUT2D eigenvalue weighted by molar-refractivity contribution is 6.11. The Hall–Kier alpha value is -2.55. The minimum atomic E-state index is -2.96. The zero-order valence-electron chi connectivity index (χ0n) is 14.9. The van der Waals surface area contributed by atoms with E-state index in [0.717, 1.165) is 9.69 Å². The van der Waals surface area contributed by atoms with Gasteiger partial charge in [-0.2, -0.15) is 9.69 Å². The normalized spacial score (nSPS) is 23.2. The number of carbonyl (C=O) groups is 2. The summed E-state index contributed by atoms with van der Waals surface area (Å²) in [6, 6.07) is 4.76. The summed E-state index contributed by atoms with van der Waals surface area (Å²) in [5, 5.41) is 3.56. The van der Waals surface area contributed by atoms with Gasteiger partial charge in [0.2, 0.25) is 11.8 Å². The van der Waals surface area contributed by atoms with Crippen LogP contribution in [0.1, 0.15) is 37.2 Å². The van der Waals surface area contributed by atoms with Crippen LogP contribution in [0.2, 0.25) is 0 Å². The molecule has 27 heavy (non-hydrogen) atoms. The van der Waals surface area contributed by atoms with E-state index in [1.54, 1.807) is 18.2 Å². The molecule has 2 saturated heterocycles. The third-order valence-corrected chi connectivity index (χ3v) is 5.39. The minimum Gasteiger partial charge on any atom is -0.311 e. The van der Waals surface area contributed by atoms with Crippen LogP contribution in [0.25, 0.3) is 11.0 Å². The van der Waals surface area contributed by atoms with Crippen LogP contribution in [0.5, 0.6) is 0 Å². The van der Waals surface area contributed by atoms with E-state index in [9.17, 15) is 23.2 Å². The van der Waals surface area contributed by atoms with Crippen LogP contribution >= 0.6 is 0 Å². The van der Waals surface area contributed by atoms with Crippen LogP contribution in [0, 0.1) is 0 Å². The molecule has 3 heterocycles. The average Bonchev–Trinajstić information content (AvgIpc) is 2.87. The number of halogens is 2. The molecule has 4 rings (SSSR count). The molecule has 7 nitrogen and oxygen atoms in total. The second-order valence-electron chi connectivity index (χ2n) is 7.10. The van der Waals surface area contributed by atoms with Crippen LogP contribution in [-0.2, 0) is 16.6 Å². The number of nitrogens with one attached hydrogen (secondary N) is 1. The van der Waals surface area contributed by atoms with Gasteiger partial charge in [0.25, 0.3) is 5.92 Å². The van der Waals surface area contributed by atoms with Gasteiger partial charge in [-0.1, -0.05) is 12.1 Å². The van der Waals surface area contributed by atoms with Gasteiger partial charge < -0.3 is 5.32 Å². The molecule has 0 spiro atoms. The van der Waals surface area contributed by atoms with E-state index in [0.29, 0.717) is 24.0 Å². The van der Waals surface area contributed by atoms with Crippen molar-refractivity contribution in [3.05, 3.63) is 34.2 Å². The van der Waals surface area contributed by atoms with Crippen LogP contribution in [-0.4, -0.2) is 40.1 Å². The number of nitrogens with zero attached hydrogens (tertiary/aromatic N) is 3. The van der Waals surface area contributed by atoms with Gasteiger partial charge in [-0.25, -0.2) is 13.6 Å². The Balaban J connectivity index is 1.95. The van der Waals surface area contributed by atoms with Crippen LogP contribution < -0.4 is 16.0 Å². The van der Waals surface area contributed by atoms with Gasteiger partial charge in [-0.3, -0.25) is 14.2 Å². The number of alkyl halides is 2. The number of imidazole rings is 1. The van der Waals surface area contributed by atoms with Crippen LogP contribution in [0.4, 0.5) is 8.78 Å². The number of amides is 2. The molecule has 144 valence electrons. The summed E-state index contributed by atoms with van der Waals surface area (Å²) >= 11 is 0. The number of hydrogen-bond acceptors (Lipinski definition) is 4. The lowest BCUT2D eigenvalue weighted by Crippen LogP contribution is -2.52. The molecule has 0 saturated carbocycles. The number of carbonyl (C=O) groups excluding carboxylic acids is 2. The number of aromatic nitrogens is 2. The molecule has 0 radical (unpaired) electrons. The van der Waals surface area contributed by atoms with Crippen molar-refractivity contribution < 1.29 is 18.4 Å². The molecule has 1 aromatic carbocycles. The van der Waals surface area contributed by atoms with E-state index < -0.39 is 35.9 Å². The van der Waals surface area contributed by atoms with Crippen molar-refractivity contribution in [3.63, 3.8) is 0 Å². The molecule has 2 aliphatic rings. The van der Waals surface area contributed by atoms with Crippen molar-refractivity contribution in [2.24, 2.45) is 7.05 Å². The lowest BCUT2D eigenvalue weighted by molar-refractivity contribution is -0.131. The lowest BCUT2D eigenvalue weighted by Gasteiger charge is -2.32. The summed E-state index contributed by atoms with van der Waals surface area (Å²) in [4.78, 5) is 37.5. The van der Waals surface area contributed by atoms with E-state index >= 15 is 0 Å². The molecular weight excluding hydrogens is 358 g/mol. The third-order valence-electron chi connectivity index (χ3n) is 5.39. The molecule has 1 N–H and O–H groups in total. The number of para-hydroxylation sites is 1. The number of imide groups is 1. The molecule has 2 aromatic rings. The average molecular weight is 378 g/mol. The second-order valence-corrected chi connectivity index (χ2v) is 7.10. The fourth-order valence-electron chi connectivity index (χ4n) is 4.08. The summed E-state index contributed by atoms with van der Waals surface area (Å²) in [5.74, 6) is -4.92. The van der Waals surface area contributed by atoms with E-state index in [1.807, 2.05) is 0 Å². The Kier molecular flexibility index (Phi) is 4.14. The van der Waals surface area contributed by atoms with Gasteiger partial charge in [0.05, 0.1) is 23.5 Å². The quantitative estimate of drug-likeness (QED) is 0.798. The second kappa shape index (κ2) is 6.26. The van der Waals surface area contributed by atoms with Gasteiger partial charge in [0.15, 0.2) is 0 Å². The maximum atomic E-state index is 14.5. The molecule has 2 amide bonds. The van der Waals surface area contributed by atoms with E-state index in [1.165, 1.54) is 11.6 Å². The van der Waals surface area contributed by atoms with Gasteiger partial charge in [-0.15, -0.1) is 0 Å². The highest BCUT2D eigenvalue weighted by Gasteiger charge is 2.44. The largest absolute Gasteiger partial charge is 0.348 e. The smallest absolute Gasteiger partial charge is 0.311 e. The Morgan fingerprint density at radius 1 is 1.15 bits per heavy atom. The first-order chi connectivity index (χ1) is 12.8. The summed E-state index contributed by atoms with van der Waals surface area (Å²) in [6.45, 7) is 0.0280. The maximum Gasteiger partial charge on any atom is 0.348 e. The summed E-state index contributed by atoms with van der Waals surface area (Å²) in [7, 11) is 1.47. The number of benzene rings is 1. The minimum absolute atomic E-state index is 0.167. The van der Waals surface area contributed by atoms with Gasteiger partial charge >= 0.3 is 5.69 Å². The SMILES string of the molecule is Cn1c(=O)n(N2C(=O)CCCC2=O)c2cccc(C3CCNCC3(F)F)c21. The first-order valence-electron chi connectivity index (χ1n) is 8.98.